The summed E-state index contributed by atoms with van der Waals surface area (Å²) in [6.45, 7) is 2.91. The van der Waals surface area contributed by atoms with Gasteiger partial charge in [-0.15, -0.1) is 0 Å². The Balaban J connectivity index is 1.77. The summed E-state index contributed by atoms with van der Waals surface area (Å²) in [4.78, 5) is 13.0. The number of nitrogens with zero attached hydrogens (tertiary/aromatic N) is 1. The Morgan fingerprint density at radius 2 is 1.85 bits per heavy atom. The third-order valence-electron chi connectivity index (χ3n) is 3.48. The van der Waals surface area contributed by atoms with Crippen LogP contribution >= 0.6 is 23.2 Å². The Morgan fingerprint density at radius 3 is 2.40 bits per heavy atom. The number of carbonyl (C=O) groups is 1. The van der Waals surface area contributed by atoms with Crippen LogP contribution in [0.25, 0.3) is 0 Å². The fourth-order valence-corrected chi connectivity index (χ4v) is 3.06. The molecule has 1 fully saturated rings. The molecule has 0 spiro atoms. The smallest absolute Gasteiger partial charge is 0.231 e. The quantitative estimate of drug-likeness (QED) is 0.874. The van der Waals surface area contributed by atoms with Crippen LogP contribution in [-0.4, -0.2) is 36.5 Å². The second-order valence-corrected chi connectivity index (χ2v) is 6.05. The van der Waals surface area contributed by atoms with E-state index in [1.54, 1.807) is 6.07 Å². The van der Waals surface area contributed by atoms with E-state index in [9.17, 15) is 4.79 Å². The van der Waals surface area contributed by atoms with Crippen LogP contribution in [-0.2, 0) is 11.3 Å². The summed E-state index contributed by atoms with van der Waals surface area (Å²) in [5.74, 6) is -0.259. The van der Waals surface area contributed by atoms with Gasteiger partial charge in [-0.25, -0.2) is 0 Å². The maximum Gasteiger partial charge on any atom is 0.231 e. The zero-order valence-electron chi connectivity index (χ0n) is 11.2. The molecule has 0 atom stereocenters. The van der Waals surface area contributed by atoms with Gasteiger partial charge in [0.05, 0.1) is 6.54 Å². The van der Waals surface area contributed by atoms with Crippen molar-refractivity contribution in [3.8, 4) is 0 Å². The average Bonchev–Trinajstić information content (AvgIpc) is 2.36. The second kappa shape index (κ2) is 7.27. The molecule has 0 radical (unpaired) electrons. The Kier molecular flexibility index (Phi) is 5.66. The molecule has 3 N–H and O–H groups in total. The molecule has 1 amide bonds. The molecule has 4 nitrogen and oxygen atoms in total. The molecule has 0 aliphatic carbocycles. The standard InChI is InChI=1S/C14H19Cl2N3O/c15-11-5-10(6-12(16)7-11)8-18-13-1-3-19(4-2-13)9-14(17)20/h5-7,13,18H,1-4,8-9H2,(H2,17,20). The maximum atomic E-state index is 10.9. The van der Waals surface area contributed by atoms with E-state index in [1.807, 2.05) is 12.1 Å². The first kappa shape index (κ1) is 15.6. The van der Waals surface area contributed by atoms with E-state index in [4.69, 9.17) is 28.9 Å². The zero-order chi connectivity index (χ0) is 14.5. The van der Waals surface area contributed by atoms with Crippen molar-refractivity contribution in [1.29, 1.82) is 0 Å². The molecule has 0 aromatic heterocycles. The number of halogens is 2. The summed E-state index contributed by atoms with van der Waals surface area (Å²) in [7, 11) is 0. The molecule has 0 unspecified atom stereocenters. The predicted octanol–water partition coefficient (Wildman–Crippen LogP) is 2.03. The summed E-state index contributed by atoms with van der Waals surface area (Å²) in [6, 6.07) is 6.03. The number of hydrogen-bond donors (Lipinski definition) is 2. The van der Waals surface area contributed by atoms with Crippen molar-refractivity contribution in [3.63, 3.8) is 0 Å². The van der Waals surface area contributed by atoms with E-state index in [0.717, 1.165) is 38.0 Å². The van der Waals surface area contributed by atoms with E-state index in [1.165, 1.54) is 0 Å². The topological polar surface area (TPSA) is 58.4 Å². The highest BCUT2D eigenvalue weighted by atomic mass is 35.5. The van der Waals surface area contributed by atoms with Crippen LogP contribution in [0.1, 0.15) is 18.4 Å². The van der Waals surface area contributed by atoms with Gasteiger partial charge in [0.25, 0.3) is 0 Å². The maximum absolute atomic E-state index is 10.9. The Hall–Kier alpha value is -0.810. The van der Waals surface area contributed by atoms with Crippen LogP contribution < -0.4 is 11.1 Å². The Labute approximate surface area is 129 Å². The lowest BCUT2D eigenvalue weighted by molar-refractivity contribution is -0.119. The molecule has 1 aliphatic heterocycles. The van der Waals surface area contributed by atoms with Crippen LogP contribution in [0.4, 0.5) is 0 Å². The number of rotatable bonds is 5. The summed E-state index contributed by atoms with van der Waals surface area (Å²) in [5, 5.41) is 4.82. The second-order valence-electron chi connectivity index (χ2n) is 5.18. The lowest BCUT2D eigenvalue weighted by Gasteiger charge is -2.31. The first-order chi connectivity index (χ1) is 9.52. The van der Waals surface area contributed by atoms with Crippen LogP contribution in [0, 0.1) is 0 Å². The lowest BCUT2D eigenvalue weighted by atomic mass is 10.0. The van der Waals surface area contributed by atoms with E-state index >= 15 is 0 Å². The van der Waals surface area contributed by atoms with Gasteiger partial charge in [0.15, 0.2) is 0 Å². The minimum atomic E-state index is -0.259. The number of likely N-dealkylation sites (tertiary alicyclic amines) is 1. The van der Waals surface area contributed by atoms with Gasteiger partial charge in [-0.2, -0.15) is 0 Å². The molecule has 0 saturated carbocycles. The summed E-state index contributed by atoms with van der Waals surface area (Å²) in [6.07, 6.45) is 2.03. The number of hydrogen-bond acceptors (Lipinski definition) is 3. The van der Waals surface area contributed by atoms with Gasteiger partial charge >= 0.3 is 0 Å². The number of benzene rings is 1. The number of nitrogens with one attached hydrogen (secondary N) is 1. The van der Waals surface area contributed by atoms with Crippen molar-refractivity contribution < 1.29 is 4.79 Å². The molecule has 6 heteroatoms. The lowest BCUT2D eigenvalue weighted by Crippen LogP contribution is -2.45. The Morgan fingerprint density at radius 1 is 1.25 bits per heavy atom. The fraction of sp³-hybridized carbons (Fsp3) is 0.500. The monoisotopic (exact) mass is 315 g/mol. The molecular formula is C14H19Cl2N3O. The number of amides is 1. The largest absolute Gasteiger partial charge is 0.369 e. The van der Waals surface area contributed by atoms with Crippen LogP contribution in [0.15, 0.2) is 18.2 Å². The van der Waals surface area contributed by atoms with E-state index in [2.05, 4.69) is 10.2 Å². The molecule has 1 saturated heterocycles. The number of carbonyl (C=O) groups excluding carboxylic acids is 1. The summed E-state index contributed by atoms with van der Waals surface area (Å²) >= 11 is 12.0. The highest BCUT2D eigenvalue weighted by molar-refractivity contribution is 6.34. The zero-order valence-corrected chi connectivity index (χ0v) is 12.8. The summed E-state index contributed by atoms with van der Waals surface area (Å²) < 4.78 is 0. The van der Waals surface area contributed by atoms with E-state index in [-0.39, 0.29) is 5.91 Å². The highest BCUT2D eigenvalue weighted by Crippen LogP contribution is 2.19. The minimum Gasteiger partial charge on any atom is -0.369 e. The van der Waals surface area contributed by atoms with Crippen molar-refractivity contribution in [2.24, 2.45) is 5.73 Å². The minimum absolute atomic E-state index is 0.259. The van der Waals surface area contributed by atoms with Crippen molar-refractivity contribution in [2.75, 3.05) is 19.6 Å². The van der Waals surface area contributed by atoms with Crippen molar-refractivity contribution in [2.45, 2.75) is 25.4 Å². The van der Waals surface area contributed by atoms with Gasteiger partial charge < -0.3 is 11.1 Å². The molecule has 0 bridgehead atoms. The number of primary amides is 1. The molecule has 1 aromatic rings. The normalized spacial score (nSPS) is 17.3. The van der Waals surface area contributed by atoms with Gasteiger partial charge in [-0.1, -0.05) is 23.2 Å². The molecule has 1 aliphatic rings. The van der Waals surface area contributed by atoms with Crippen LogP contribution in [0.2, 0.25) is 10.0 Å². The van der Waals surface area contributed by atoms with Gasteiger partial charge in [-0.05, 0) is 36.6 Å². The predicted molar refractivity (Wildman–Crippen MR) is 82.0 cm³/mol. The van der Waals surface area contributed by atoms with Crippen molar-refractivity contribution in [3.05, 3.63) is 33.8 Å². The number of piperidine rings is 1. The third-order valence-corrected chi connectivity index (χ3v) is 3.92. The SMILES string of the molecule is NC(=O)CN1CCC(NCc2cc(Cl)cc(Cl)c2)CC1. The van der Waals surface area contributed by atoms with Crippen LogP contribution in [0.3, 0.4) is 0 Å². The first-order valence-corrected chi connectivity index (χ1v) is 7.47. The average molecular weight is 316 g/mol. The summed E-state index contributed by atoms with van der Waals surface area (Å²) in [5.41, 5.74) is 6.28. The fourth-order valence-electron chi connectivity index (χ4n) is 2.49. The molecule has 20 heavy (non-hydrogen) atoms. The van der Waals surface area contributed by atoms with E-state index < -0.39 is 0 Å². The van der Waals surface area contributed by atoms with Gasteiger partial charge in [0, 0.05) is 35.7 Å². The van der Waals surface area contributed by atoms with Crippen LogP contribution in [0.5, 0.6) is 0 Å². The number of nitrogens with two attached hydrogens (primary N) is 1. The first-order valence-electron chi connectivity index (χ1n) is 6.72. The van der Waals surface area contributed by atoms with Gasteiger partial charge in [0.1, 0.15) is 0 Å². The molecule has 1 aromatic carbocycles. The van der Waals surface area contributed by atoms with Gasteiger partial charge in [-0.3, -0.25) is 9.69 Å². The Bertz CT molecular complexity index is 453. The van der Waals surface area contributed by atoms with Crippen molar-refractivity contribution >= 4 is 29.1 Å². The molecule has 1 heterocycles. The molecule has 110 valence electrons. The molecule has 2 rings (SSSR count). The van der Waals surface area contributed by atoms with Crippen molar-refractivity contribution in [1.82, 2.24) is 10.2 Å². The highest BCUT2D eigenvalue weighted by Gasteiger charge is 2.19. The van der Waals surface area contributed by atoms with Gasteiger partial charge in [0.2, 0.25) is 5.91 Å². The molecular weight excluding hydrogens is 297 g/mol. The van der Waals surface area contributed by atoms with E-state index in [0.29, 0.717) is 22.6 Å². The third kappa shape index (κ3) is 4.94.